The molecule has 3 heterocycles. The van der Waals surface area contributed by atoms with Gasteiger partial charge in [0.2, 0.25) is 5.75 Å². The van der Waals surface area contributed by atoms with E-state index in [0.717, 1.165) is 17.6 Å². The van der Waals surface area contributed by atoms with Crippen molar-refractivity contribution in [3.8, 4) is 17.2 Å². The second-order valence-corrected chi connectivity index (χ2v) is 8.28. The number of H-pyrrole nitrogens is 1. The number of rotatable bonds is 5. The van der Waals surface area contributed by atoms with Gasteiger partial charge in [-0.2, -0.15) is 0 Å². The SMILES string of the molecule is COc1cccc(OC)c1OC(=O)NC(C)C(=O)O.O=C1OCC2Cc3c([nH]c4ccccc34)CN12. The van der Waals surface area contributed by atoms with Crippen molar-refractivity contribution in [1.82, 2.24) is 15.2 Å². The molecular weight excluding hydrogens is 470 g/mol. The number of hydrogen-bond acceptors (Lipinski definition) is 7. The number of fused-ring (bicyclic) bond motifs is 4. The predicted octanol–water partition coefficient (Wildman–Crippen LogP) is 3.31. The average Bonchev–Trinajstić information content (AvgIpc) is 3.42. The molecule has 1 fully saturated rings. The van der Waals surface area contributed by atoms with Gasteiger partial charge in [-0.25, -0.2) is 9.59 Å². The van der Waals surface area contributed by atoms with Crippen LogP contribution in [0.3, 0.4) is 0 Å². The molecule has 3 aromatic rings. The summed E-state index contributed by atoms with van der Waals surface area (Å²) in [5.41, 5.74) is 3.66. The summed E-state index contributed by atoms with van der Waals surface area (Å²) < 4.78 is 20.2. The number of nitrogens with one attached hydrogen (secondary N) is 2. The number of carboxylic acid groups (broad SMARTS) is 1. The molecule has 0 aliphatic carbocycles. The zero-order chi connectivity index (χ0) is 25.8. The molecule has 2 aromatic carbocycles. The lowest BCUT2D eigenvalue weighted by atomic mass is 9.98. The summed E-state index contributed by atoms with van der Waals surface area (Å²) in [7, 11) is 2.83. The number of amides is 2. The highest BCUT2D eigenvalue weighted by Gasteiger charge is 2.38. The molecule has 36 heavy (non-hydrogen) atoms. The Kier molecular flexibility index (Phi) is 7.18. The lowest BCUT2D eigenvalue weighted by molar-refractivity contribution is -0.138. The largest absolute Gasteiger partial charge is 0.493 e. The standard InChI is InChI=1S/C13H12N2O2.C12H15NO6/c16-13-15-6-12-10(5-8(15)7-17-13)9-3-1-2-4-11(9)14-12;1-7(11(14)15)13-12(16)19-10-8(17-2)5-4-6-9(10)18-3/h1-4,8,14H,5-7H2;4-7H,1-3H3,(H,13,16)(H,14,15). The van der Waals surface area contributed by atoms with Gasteiger partial charge in [-0.05, 0) is 37.1 Å². The van der Waals surface area contributed by atoms with Gasteiger partial charge in [0.1, 0.15) is 12.6 Å². The molecule has 2 amide bonds. The first kappa shape index (κ1) is 24.7. The van der Waals surface area contributed by atoms with Crippen LogP contribution in [-0.4, -0.2) is 66.1 Å². The summed E-state index contributed by atoms with van der Waals surface area (Å²) in [4.78, 5) is 38.9. The zero-order valence-corrected chi connectivity index (χ0v) is 20.1. The van der Waals surface area contributed by atoms with Crippen molar-refractivity contribution in [2.45, 2.75) is 32.0 Å². The number of carbonyl (C=O) groups is 3. The van der Waals surface area contributed by atoms with E-state index in [1.807, 2.05) is 11.0 Å². The van der Waals surface area contributed by atoms with E-state index < -0.39 is 18.1 Å². The third-order valence-corrected chi connectivity index (χ3v) is 6.03. The van der Waals surface area contributed by atoms with Gasteiger partial charge in [-0.1, -0.05) is 24.3 Å². The number of aromatic amines is 1. The maximum absolute atomic E-state index is 11.6. The molecule has 11 heteroatoms. The van der Waals surface area contributed by atoms with Crippen LogP contribution in [0, 0.1) is 0 Å². The maximum atomic E-state index is 11.6. The highest BCUT2D eigenvalue weighted by Crippen LogP contribution is 2.37. The normalized spacial score (nSPS) is 16.6. The summed E-state index contributed by atoms with van der Waals surface area (Å²) >= 11 is 0. The van der Waals surface area contributed by atoms with Gasteiger partial charge in [0.05, 0.1) is 26.8 Å². The minimum atomic E-state index is -1.16. The Balaban J connectivity index is 0.000000169. The first-order valence-electron chi connectivity index (χ1n) is 11.3. The van der Waals surface area contributed by atoms with Crippen molar-refractivity contribution in [2.75, 3.05) is 20.8 Å². The predicted molar refractivity (Wildman–Crippen MR) is 128 cm³/mol. The number of aliphatic carboxylic acids is 1. The van der Waals surface area contributed by atoms with Crippen molar-refractivity contribution in [3.05, 3.63) is 53.7 Å². The summed E-state index contributed by atoms with van der Waals surface area (Å²) in [5, 5.41) is 12.1. The minimum Gasteiger partial charge on any atom is -0.493 e. The van der Waals surface area contributed by atoms with Crippen LogP contribution in [0.2, 0.25) is 0 Å². The molecule has 1 aromatic heterocycles. The number of nitrogens with zero attached hydrogens (tertiary/aromatic N) is 1. The van der Waals surface area contributed by atoms with E-state index in [4.69, 9.17) is 24.1 Å². The van der Waals surface area contributed by atoms with Crippen LogP contribution in [0.25, 0.3) is 10.9 Å². The third kappa shape index (κ3) is 4.99. The van der Waals surface area contributed by atoms with Crippen LogP contribution < -0.4 is 19.5 Å². The highest BCUT2D eigenvalue weighted by atomic mass is 16.6. The van der Waals surface area contributed by atoms with Crippen molar-refractivity contribution in [1.29, 1.82) is 0 Å². The summed E-state index contributed by atoms with van der Waals surface area (Å²) in [6, 6.07) is 12.3. The molecule has 0 saturated carbocycles. The Morgan fingerprint density at radius 1 is 1.14 bits per heavy atom. The topological polar surface area (TPSA) is 139 Å². The number of hydrogen-bond donors (Lipinski definition) is 3. The number of carbonyl (C=O) groups excluding carboxylic acids is 2. The first-order valence-corrected chi connectivity index (χ1v) is 11.3. The van der Waals surface area contributed by atoms with Gasteiger partial charge < -0.3 is 34.4 Å². The van der Waals surface area contributed by atoms with Crippen LogP contribution in [0.15, 0.2) is 42.5 Å². The molecule has 2 aliphatic rings. The molecule has 5 rings (SSSR count). The fourth-order valence-electron chi connectivity index (χ4n) is 4.16. The smallest absolute Gasteiger partial charge is 0.413 e. The molecular formula is C25H27N3O8. The molecule has 0 radical (unpaired) electrons. The van der Waals surface area contributed by atoms with Crippen LogP contribution in [0.4, 0.5) is 9.59 Å². The van der Waals surface area contributed by atoms with Crippen molar-refractivity contribution >= 4 is 29.1 Å². The van der Waals surface area contributed by atoms with Crippen LogP contribution in [0.1, 0.15) is 18.2 Å². The van der Waals surface area contributed by atoms with E-state index >= 15 is 0 Å². The van der Waals surface area contributed by atoms with E-state index in [0.29, 0.717) is 24.7 Å². The Morgan fingerprint density at radius 3 is 2.50 bits per heavy atom. The fourth-order valence-corrected chi connectivity index (χ4v) is 4.16. The van der Waals surface area contributed by atoms with Gasteiger partial charge in [-0.15, -0.1) is 0 Å². The van der Waals surface area contributed by atoms with E-state index in [1.54, 1.807) is 18.2 Å². The highest BCUT2D eigenvalue weighted by molar-refractivity contribution is 5.85. The van der Waals surface area contributed by atoms with Crippen LogP contribution >= 0.6 is 0 Å². The van der Waals surface area contributed by atoms with Crippen LogP contribution in [0.5, 0.6) is 17.2 Å². The second-order valence-electron chi connectivity index (χ2n) is 8.28. The number of methoxy groups -OCH3 is 2. The number of para-hydroxylation sites is 2. The van der Waals surface area contributed by atoms with Gasteiger partial charge in [-0.3, -0.25) is 9.69 Å². The van der Waals surface area contributed by atoms with E-state index in [9.17, 15) is 14.4 Å². The number of cyclic esters (lactones) is 1. The zero-order valence-electron chi connectivity index (χ0n) is 20.1. The van der Waals surface area contributed by atoms with Crippen molar-refractivity contribution in [3.63, 3.8) is 0 Å². The molecule has 2 unspecified atom stereocenters. The Labute approximate surface area is 206 Å². The Morgan fingerprint density at radius 2 is 1.83 bits per heavy atom. The molecule has 11 nitrogen and oxygen atoms in total. The first-order chi connectivity index (χ1) is 17.3. The average molecular weight is 498 g/mol. The fraction of sp³-hybridized carbons (Fsp3) is 0.320. The molecule has 0 bridgehead atoms. The second kappa shape index (κ2) is 10.5. The van der Waals surface area contributed by atoms with Crippen LogP contribution in [-0.2, 0) is 22.5 Å². The van der Waals surface area contributed by atoms with Crippen molar-refractivity contribution < 1.29 is 38.4 Å². The quantitative estimate of drug-likeness (QED) is 0.488. The Hall–Kier alpha value is -4.41. The molecule has 0 spiro atoms. The minimum absolute atomic E-state index is 0.0857. The Bertz CT molecular complexity index is 1270. The maximum Gasteiger partial charge on any atom is 0.413 e. The summed E-state index contributed by atoms with van der Waals surface area (Å²) in [6.07, 6.45) is -0.192. The summed E-state index contributed by atoms with van der Waals surface area (Å²) in [6.45, 7) is 2.49. The number of aromatic nitrogens is 1. The monoisotopic (exact) mass is 497 g/mol. The lowest BCUT2D eigenvalue weighted by Gasteiger charge is -2.26. The van der Waals surface area contributed by atoms with Gasteiger partial charge in [0, 0.05) is 16.6 Å². The third-order valence-electron chi connectivity index (χ3n) is 6.03. The van der Waals surface area contributed by atoms with Gasteiger partial charge in [0.25, 0.3) is 0 Å². The molecule has 2 aliphatic heterocycles. The molecule has 190 valence electrons. The molecule has 2 atom stereocenters. The number of carboxylic acids is 1. The van der Waals surface area contributed by atoms with Gasteiger partial charge in [0.15, 0.2) is 11.5 Å². The molecule has 1 saturated heterocycles. The number of benzene rings is 2. The summed E-state index contributed by atoms with van der Waals surface area (Å²) in [5.74, 6) is -0.471. The van der Waals surface area contributed by atoms with Crippen molar-refractivity contribution in [2.24, 2.45) is 0 Å². The number of ether oxygens (including phenoxy) is 4. The van der Waals surface area contributed by atoms with E-state index in [1.165, 1.54) is 32.1 Å². The van der Waals surface area contributed by atoms with E-state index in [-0.39, 0.29) is 17.9 Å². The van der Waals surface area contributed by atoms with Gasteiger partial charge >= 0.3 is 18.2 Å². The molecule has 3 N–H and O–H groups in total. The van der Waals surface area contributed by atoms with E-state index in [2.05, 4.69) is 28.5 Å². The lowest BCUT2D eigenvalue weighted by Crippen LogP contribution is -2.40.